The summed E-state index contributed by atoms with van der Waals surface area (Å²) in [6.07, 6.45) is 7.78. The molecule has 0 aromatic carbocycles. The fourth-order valence-corrected chi connectivity index (χ4v) is 2.73. The van der Waals surface area contributed by atoms with Crippen molar-refractivity contribution in [3.8, 4) is 0 Å². The first-order valence-electron chi connectivity index (χ1n) is 7.33. The minimum Gasteiger partial charge on any atom is -0.339 e. The monoisotopic (exact) mass is 295 g/mol. The van der Waals surface area contributed by atoms with Gasteiger partial charge in [0.25, 0.3) is 0 Å². The Labute approximate surface area is 125 Å². The first-order chi connectivity index (χ1) is 9.63. The van der Waals surface area contributed by atoms with Gasteiger partial charge in [-0.1, -0.05) is 24.9 Å². The van der Waals surface area contributed by atoms with Gasteiger partial charge >= 0.3 is 0 Å². The predicted octanol–water partition coefficient (Wildman–Crippen LogP) is 3.28. The predicted molar refractivity (Wildman–Crippen MR) is 81.7 cm³/mol. The topological polar surface area (TPSA) is 38.1 Å². The molecule has 0 aliphatic carbocycles. The number of likely N-dealkylation sites (tertiary alicyclic amines) is 1. The van der Waals surface area contributed by atoms with Crippen molar-refractivity contribution in [3.05, 3.63) is 22.5 Å². The lowest BCUT2D eigenvalue weighted by Gasteiger charge is -2.11. The number of hydrogen-bond donors (Lipinski definition) is 0. The third-order valence-electron chi connectivity index (χ3n) is 3.64. The summed E-state index contributed by atoms with van der Waals surface area (Å²) in [5, 5.41) is 5.06. The largest absolute Gasteiger partial charge is 0.339 e. The van der Waals surface area contributed by atoms with E-state index in [9.17, 15) is 4.79 Å². The highest BCUT2D eigenvalue weighted by molar-refractivity contribution is 6.31. The van der Waals surface area contributed by atoms with Crippen LogP contribution in [0.1, 0.15) is 43.9 Å². The highest BCUT2D eigenvalue weighted by Gasteiger charge is 2.16. The van der Waals surface area contributed by atoms with Crippen LogP contribution in [0.15, 0.2) is 6.08 Å². The molecule has 0 atom stereocenters. The molecule has 2 rings (SSSR count). The first kappa shape index (κ1) is 15.1. The minimum absolute atomic E-state index is 0.0688. The lowest BCUT2D eigenvalue weighted by Crippen LogP contribution is -2.25. The number of amides is 1. The molecule has 0 spiro atoms. The zero-order valence-corrected chi connectivity index (χ0v) is 13.0. The van der Waals surface area contributed by atoms with Crippen molar-refractivity contribution in [3.63, 3.8) is 0 Å². The molecule has 0 bridgehead atoms. The van der Waals surface area contributed by atoms with Gasteiger partial charge in [-0.15, -0.1) is 0 Å². The number of rotatable bonds is 5. The van der Waals surface area contributed by atoms with Crippen molar-refractivity contribution in [1.82, 2.24) is 14.7 Å². The van der Waals surface area contributed by atoms with Gasteiger partial charge in [0.2, 0.25) is 5.91 Å². The van der Waals surface area contributed by atoms with Crippen LogP contribution in [0, 0.1) is 6.92 Å². The van der Waals surface area contributed by atoms with E-state index in [0.29, 0.717) is 5.15 Å². The fourth-order valence-electron chi connectivity index (χ4n) is 2.41. The Bertz CT molecular complexity index is 501. The van der Waals surface area contributed by atoms with E-state index in [4.69, 9.17) is 11.6 Å². The lowest BCUT2D eigenvalue weighted by atomic mass is 10.2. The molecule has 20 heavy (non-hydrogen) atoms. The maximum atomic E-state index is 12.0. The third-order valence-corrected chi connectivity index (χ3v) is 4.04. The SMILES string of the molecule is CCCCn1nc(C)c(C=CC(=O)N2CCCC2)c1Cl. The summed E-state index contributed by atoms with van der Waals surface area (Å²) in [4.78, 5) is 13.9. The molecule has 110 valence electrons. The van der Waals surface area contributed by atoms with Crippen molar-refractivity contribution < 1.29 is 4.79 Å². The van der Waals surface area contributed by atoms with E-state index in [-0.39, 0.29) is 5.91 Å². The molecule has 4 nitrogen and oxygen atoms in total. The molecule has 2 heterocycles. The maximum absolute atomic E-state index is 12.0. The van der Waals surface area contributed by atoms with E-state index in [2.05, 4.69) is 12.0 Å². The standard InChI is InChI=1S/C15H22ClN3O/c1-3-4-11-19-15(16)13(12(2)17-19)7-8-14(20)18-9-5-6-10-18/h7-8H,3-6,9-11H2,1-2H3. The highest BCUT2D eigenvalue weighted by atomic mass is 35.5. The Morgan fingerprint density at radius 3 is 2.75 bits per heavy atom. The summed E-state index contributed by atoms with van der Waals surface area (Å²) in [5.41, 5.74) is 1.73. The van der Waals surface area contributed by atoms with E-state index in [1.165, 1.54) is 0 Å². The zero-order chi connectivity index (χ0) is 14.5. The van der Waals surface area contributed by atoms with Gasteiger partial charge < -0.3 is 4.90 Å². The Balaban J connectivity index is 2.08. The van der Waals surface area contributed by atoms with Crippen LogP contribution in [-0.2, 0) is 11.3 Å². The molecule has 0 unspecified atom stereocenters. The first-order valence-corrected chi connectivity index (χ1v) is 7.71. The van der Waals surface area contributed by atoms with Crippen molar-refractivity contribution in [2.45, 2.75) is 46.1 Å². The summed E-state index contributed by atoms with van der Waals surface area (Å²) >= 11 is 6.33. The van der Waals surface area contributed by atoms with E-state index in [1.54, 1.807) is 12.2 Å². The summed E-state index contributed by atoms with van der Waals surface area (Å²) < 4.78 is 1.82. The second-order valence-electron chi connectivity index (χ2n) is 5.23. The van der Waals surface area contributed by atoms with Crippen LogP contribution in [-0.4, -0.2) is 33.7 Å². The summed E-state index contributed by atoms with van der Waals surface area (Å²) in [5.74, 6) is 0.0688. The molecule has 1 saturated heterocycles. The number of aromatic nitrogens is 2. The van der Waals surface area contributed by atoms with E-state index >= 15 is 0 Å². The van der Waals surface area contributed by atoms with Crippen LogP contribution in [0.5, 0.6) is 0 Å². The quantitative estimate of drug-likeness (QED) is 0.782. The van der Waals surface area contributed by atoms with Crippen LogP contribution in [0.25, 0.3) is 6.08 Å². The van der Waals surface area contributed by atoms with Gasteiger partial charge in [-0.2, -0.15) is 5.10 Å². The van der Waals surface area contributed by atoms with Crippen LogP contribution in [0.4, 0.5) is 0 Å². The molecule has 0 saturated carbocycles. The van der Waals surface area contributed by atoms with Crippen LogP contribution < -0.4 is 0 Å². The van der Waals surface area contributed by atoms with Gasteiger partial charge in [0.05, 0.1) is 5.69 Å². The van der Waals surface area contributed by atoms with Crippen molar-refractivity contribution in [2.24, 2.45) is 0 Å². The number of aryl methyl sites for hydroxylation is 2. The molecule has 0 N–H and O–H groups in total. The number of carbonyl (C=O) groups is 1. The number of halogens is 1. The van der Waals surface area contributed by atoms with Gasteiger partial charge in [-0.05, 0) is 32.3 Å². The number of carbonyl (C=O) groups excluding carboxylic acids is 1. The van der Waals surface area contributed by atoms with Gasteiger partial charge in [0.15, 0.2) is 0 Å². The van der Waals surface area contributed by atoms with Crippen molar-refractivity contribution >= 4 is 23.6 Å². The Morgan fingerprint density at radius 2 is 2.10 bits per heavy atom. The molecule has 1 aliphatic heterocycles. The number of hydrogen-bond acceptors (Lipinski definition) is 2. The molecule has 1 fully saturated rings. The lowest BCUT2D eigenvalue weighted by molar-refractivity contribution is -0.124. The second kappa shape index (κ2) is 6.93. The summed E-state index contributed by atoms with van der Waals surface area (Å²) in [7, 11) is 0. The summed E-state index contributed by atoms with van der Waals surface area (Å²) in [6, 6.07) is 0. The van der Waals surface area contributed by atoms with Crippen molar-refractivity contribution in [2.75, 3.05) is 13.1 Å². The molecular formula is C15H22ClN3O. The zero-order valence-electron chi connectivity index (χ0n) is 12.2. The van der Waals surface area contributed by atoms with Gasteiger partial charge in [-0.25, -0.2) is 0 Å². The Morgan fingerprint density at radius 1 is 1.40 bits per heavy atom. The molecule has 5 heteroatoms. The molecule has 1 amide bonds. The molecular weight excluding hydrogens is 274 g/mol. The van der Waals surface area contributed by atoms with Crippen LogP contribution in [0.2, 0.25) is 5.15 Å². The highest BCUT2D eigenvalue weighted by Crippen LogP contribution is 2.22. The van der Waals surface area contributed by atoms with Gasteiger partial charge in [0, 0.05) is 31.3 Å². The minimum atomic E-state index is 0.0688. The van der Waals surface area contributed by atoms with E-state index in [1.807, 2.05) is 16.5 Å². The Hall–Kier alpha value is -1.29. The van der Waals surface area contributed by atoms with Crippen molar-refractivity contribution in [1.29, 1.82) is 0 Å². The molecule has 1 aromatic rings. The van der Waals surface area contributed by atoms with Crippen LogP contribution >= 0.6 is 11.6 Å². The third kappa shape index (κ3) is 3.42. The number of nitrogens with zero attached hydrogens (tertiary/aromatic N) is 3. The average Bonchev–Trinajstić information content (AvgIpc) is 3.04. The van der Waals surface area contributed by atoms with Gasteiger partial charge in [-0.3, -0.25) is 9.48 Å². The van der Waals surface area contributed by atoms with Crippen LogP contribution in [0.3, 0.4) is 0 Å². The van der Waals surface area contributed by atoms with Gasteiger partial charge in [0.1, 0.15) is 5.15 Å². The van der Waals surface area contributed by atoms with E-state index in [0.717, 1.165) is 56.6 Å². The summed E-state index contributed by atoms with van der Waals surface area (Å²) in [6.45, 7) is 6.62. The average molecular weight is 296 g/mol. The molecule has 1 aliphatic rings. The normalized spacial score (nSPS) is 15.4. The number of unbranched alkanes of at least 4 members (excludes halogenated alkanes) is 1. The Kier molecular flexibility index (Phi) is 5.24. The fraction of sp³-hybridized carbons (Fsp3) is 0.600. The molecule has 1 aromatic heterocycles. The molecule has 0 radical (unpaired) electrons. The van der Waals surface area contributed by atoms with E-state index < -0.39 is 0 Å². The second-order valence-corrected chi connectivity index (χ2v) is 5.59. The smallest absolute Gasteiger partial charge is 0.246 e. The maximum Gasteiger partial charge on any atom is 0.246 e.